The van der Waals surface area contributed by atoms with Crippen molar-refractivity contribution in [1.82, 2.24) is 4.98 Å². The molecule has 2 heterocycles. The Hall–Kier alpha value is -1.45. The van der Waals surface area contributed by atoms with Gasteiger partial charge >= 0.3 is 0 Å². The van der Waals surface area contributed by atoms with E-state index in [1.54, 1.807) is 0 Å². The topological polar surface area (TPSA) is 68.2 Å². The Bertz CT molecular complexity index is 364. The Morgan fingerprint density at radius 1 is 1.25 bits per heavy atom. The molecular weight excluding hydrogens is 200 g/mol. The summed E-state index contributed by atoms with van der Waals surface area (Å²) in [5, 5.41) is 0. The van der Waals surface area contributed by atoms with Crippen LogP contribution in [-0.2, 0) is 0 Å². The molecule has 0 bridgehead atoms. The predicted molar refractivity (Wildman–Crippen MR) is 68.3 cm³/mol. The number of rotatable bonds is 1. The van der Waals surface area contributed by atoms with E-state index < -0.39 is 0 Å². The monoisotopic (exact) mass is 220 g/mol. The first-order valence-electron chi connectivity index (χ1n) is 5.94. The van der Waals surface area contributed by atoms with E-state index in [9.17, 15) is 0 Å². The number of nitrogens with zero attached hydrogens (tertiary/aromatic N) is 2. The summed E-state index contributed by atoms with van der Waals surface area (Å²) in [5.74, 6) is 2.21. The van der Waals surface area contributed by atoms with Crippen molar-refractivity contribution in [3.63, 3.8) is 0 Å². The molecular formula is C12H20N4. The lowest BCUT2D eigenvalue weighted by molar-refractivity contribution is 0.521. The van der Waals surface area contributed by atoms with E-state index in [1.807, 2.05) is 12.1 Å². The van der Waals surface area contributed by atoms with Crippen LogP contribution in [0.15, 0.2) is 12.1 Å². The van der Waals surface area contributed by atoms with Crippen molar-refractivity contribution in [1.29, 1.82) is 0 Å². The van der Waals surface area contributed by atoms with E-state index in [1.165, 1.54) is 19.3 Å². The summed E-state index contributed by atoms with van der Waals surface area (Å²) in [6, 6.07) is 3.80. The van der Waals surface area contributed by atoms with Crippen molar-refractivity contribution in [2.45, 2.75) is 26.2 Å². The van der Waals surface area contributed by atoms with Crippen LogP contribution in [-0.4, -0.2) is 18.1 Å². The summed E-state index contributed by atoms with van der Waals surface area (Å²) in [6.07, 6.45) is 3.76. The fourth-order valence-corrected chi connectivity index (χ4v) is 2.14. The van der Waals surface area contributed by atoms with Crippen LogP contribution in [0.25, 0.3) is 0 Å². The molecule has 0 aliphatic carbocycles. The first-order valence-corrected chi connectivity index (χ1v) is 5.94. The van der Waals surface area contributed by atoms with Gasteiger partial charge in [-0.25, -0.2) is 4.98 Å². The van der Waals surface area contributed by atoms with Crippen molar-refractivity contribution >= 4 is 17.3 Å². The van der Waals surface area contributed by atoms with Crippen LogP contribution < -0.4 is 16.4 Å². The quantitative estimate of drug-likeness (QED) is 0.758. The maximum absolute atomic E-state index is 5.73. The molecule has 88 valence electrons. The molecule has 1 aliphatic rings. The Morgan fingerprint density at radius 3 is 2.81 bits per heavy atom. The number of anilines is 3. The molecule has 1 aromatic heterocycles. The van der Waals surface area contributed by atoms with Crippen LogP contribution >= 0.6 is 0 Å². The van der Waals surface area contributed by atoms with Gasteiger partial charge in [0.25, 0.3) is 0 Å². The van der Waals surface area contributed by atoms with Gasteiger partial charge in [0, 0.05) is 13.1 Å². The highest BCUT2D eigenvalue weighted by molar-refractivity contribution is 5.62. The maximum atomic E-state index is 5.73. The predicted octanol–water partition coefficient (Wildman–Crippen LogP) is 1.87. The smallest absolute Gasteiger partial charge is 0.149 e. The molecule has 0 aromatic carbocycles. The average Bonchev–Trinajstić information content (AvgIpc) is 2.47. The van der Waals surface area contributed by atoms with Crippen molar-refractivity contribution in [2.24, 2.45) is 5.92 Å². The number of hydrogen-bond acceptors (Lipinski definition) is 4. The summed E-state index contributed by atoms with van der Waals surface area (Å²) in [4.78, 5) is 6.65. The first-order chi connectivity index (χ1) is 7.66. The largest absolute Gasteiger partial charge is 0.396 e. The molecule has 1 fully saturated rings. The molecule has 1 aliphatic heterocycles. The van der Waals surface area contributed by atoms with Crippen LogP contribution in [0.3, 0.4) is 0 Å². The van der Waals surface area contributed by atoms with Crippen LogP contribution in [0.1, 0.15) is 26.2 Å². The second-order valence-corrected chi connectivity index (χ2v) is 4.67. The maximum Gasteiger partial charge on any atom is 0.149 e. The summed E-state index contributed by atoms with van der Waals surface area (Å²) in [7, 11) is 0. The number of aromatic nitrogens is 1. The number of nitrogen functional groups attached to an aromatic ring is 2. The lowest BCUT2D eigenvalue weighted by Gasteiger charge is -2.22. The van der Waals surface area contributed by atoms with Crippen molar-refractivity contribution < 1.29 is 0 Å². The van der Waals surface area contributed by atoms with Gasteiger partial charge in [-0.15, -0.1) is 0 Å². The van der Waals surface area contributed by atoms with E-state index in [0.717, 1.165) is 24.8 Å². The van der Waals surface area contributed by atoms with Gasteiger partial charge in [0.1, 0.15) is 11.6 Å². The fraction of sp³-hybridized carbons (Fsp3) is 0.583. The fourth-order valence-electron chi connectivity index (χ4n) is 2.14. The number of nitrogens with two attached hydrogens (primary N) is 2. The van der Waals surface area contributed by atoms with Gasteiger partial charge in [-0.05, 0) is 37.3 Å². The summed E-state index contributed by atoms with van der Waals surface area (Å²) >= 11 is 0. The Morgan fingerprint density at radius 2 is 2.06 bits per heavy atom. The van der Waals surface area contributed by atoms with Gasteiger partial charge in [-0.1, -0.05) is 6.92 Å². The van der Waals surface area contributed by atoms with E-state index in [-0.39, 0.29) is 0 Å². The zero-order valence-electron chi connectivity index (χ0n) is 9.82. The zero-order chi connectivity index (χ0) is 11.5. The molecule has 16 heavy (non-hydrogen) atoms. The molecule has 0 radical (unpaired) electrons. The van der Waals surface area contributed by atoms with Crippen LogP contribution in [0, 0.1) is 5.92 Å². The summed E-state index contributed by atoms with van der Waals surface area (Å²) in [6.45, 7) is 4.45. The van der Waals surface area contributed by atoms with Gasteiger partial charge in [0.2, 0.25) is 0 Å². The van der Waals surface area contributed by atoms with Gasteiger partial charge in [-0.3, -0.25) is 0 Å². The van der Waals surface area contributed by atoms with Gasteiger partial charge in [0.15, 0.2) is 0 Å². The molecule has 0 spiro atoms. The van der Waals surface area contributed by atoms with Crippen LogP contribution in [0.2, 0.25) is 0 Å². The molecule has 4 N–H and O–H groups in total. The normalized spacial score (nSPS) is 21.8. The molecule has 1 atom stereocenters. The molecule has 0 amide bonds. The van der Waals surface area contributed by atoms with Crippen molar-refractivity contribution in [2.75, 3.05) is 29.5 Å². The second-order valence-electron chi connectivity index (χ2n) is 4.67. The lowest BCUT2D eigenvalue weighted by Crippen LogP contribution is -2.25. The van der Waals surface area contributed by atoms with Crippen molar-refractivity contribution in [3.05, 3.63) is 12.1 Å². The average molecular weight is 220 g/mol. The highest BCUT2D eigenvalue weighted by atomic mass is 15.2. The van der Waals surface area contributed by atoms with Crippen LogP contribution in [0.4, 0.5) is 17.3 Å². The SMILES string of the molecule is CC1CCCN(c2ccc(N)c(N)n2)CC1. The Kier molecular flexibility index (Phi) is 3.17. The van der Waals surface area contributed by atoms with E-state index in [2.05, 4.69) is 16.8 Å². The third-order valence-electron chi connectivity index (χ3n) is 3.28. The molecule has 1 aromatic rings. The number of hydrogen-bond donors (Lipinski definition) is 2. The second kappa shape index (κ2) is 4.60. The Labute approximate surface area is 96.6 Å². The highest BCUT2D eigenvalue weighted by Gasteiger charge is 2.15. The van der Waals surface area contributed by atoms with E-state index >= 15 is 0 Å². The minimum absolute atomic E-state index is 0.440. The van der Waals surface area contributed by atoms with Gasteiger partial charge < -0.3 is 16.4 Å². The zero-order valence-corrected chi connectivity index (χ0v) is 9.82. The van der Waals surface area contributed by atoms with Crippen LogP contribution in [0.5, 0.6) is 0 Å². The van der Waals surface area contributed by atoms with Gasteiger partial charge in [-0.2, -0.15) is 0 Å². The molecule has 4 heteroatoms. The molecule has 1 saturated heterocycles. The minimum Gasteiger partial charge on any atom is -0.396 e. The van der Waals surface area contributed by atoms with Crippen molar-refractivity contribution in [3.8, 4) is 0 Å². The third kappa shape index (κ3) is 2.38. The molecule has 0 saturated carbocycles. The molecule has 1 unspecified atom stereocenters. The summed E-state index contributed by atoms with van der Waals surface area (Å²) < 4.78 is 0. The molecule has 4 nitrogen and oxygen atoms in total. The van der Waals surface area contributed by atoms with Gasteiger partial charge in [0.05, 0.1) is 5.69 Å². The first kappa shape index (κ1) is 11.0. The molecule has 2 rings (SSSR count). The minimum atomic E-state index is 0.440. The van der Waals surface area contributed by atoms with E-state index in [0.29, 0.717) is 11.5 Å². The number of pyridine rings is 1. The highest BCUT2D eigenvalue weighted by Crippen LogP contribution is 2.23. The van der Waals surface area contributed by atoms with E-state index in [4.69, 9.17) is 11.5 Å². The standard InChI is InChI=1S/C12H20N4/c1-9-3-2-7-16(8-6-9)11-5-4-10(13)12(14)15-11/h4-5,9H,2-3,6-8,13H2,1H3,(H2,14,15). The lowest BCUT2D eigenvalue weighted by atomic mass is 10.0. The summed E-state index contributed by atoms with van der Waals surface area (Å²) in [5.41, 5.74) is 12.0. The third-order valence-corrected chi connectivity index (χ3v) is 3.28. The Balaban J connectivity index is 2.13.